The highest BCUT2D eigenvalue weighted by Crippen LogP contribution is 2.12. The number of hydrogen-bond donors (Lipinski definition) is 0. The average Bonchev–Trinajstić information content (AvgIpc) is 2.61. The molecule has 1 aromatic carbocycles. The van der Waals surface area contributed by atoms with Gasteiger partial charge in [-0.3, -0.25) is 0 Å². The van der Waals surface area contributed by atoms with Crippen molar-refractivity contribution in [3.8, 4) is 0 Å². The monoisotopic (exact) mass is 228 g/mol. The van der Waals surface area contributed by atoms with Gasteiger partial charge < -0.3 is 14.5 Å². The van der Waals surface area contributed by atoms with E-state index in [1.54, 1.807) is 18.2 Å². The van der Waals surface area contributed by atoms with E-state index in [9.17, 15) is 9.90 Å². The van der Waals surface area contributed by atoms with Crippen LogP contribution in [0.15, 0.2) is 36.4 Å². The summed E-state index contributed by atoms with van der Waals surface area (Å²) in [6.07, 6.45) is 0. The lowest BCUT2D eigenvalue weighted by Gasteiger charge is -2.11. The smallest absolute Gasteiger partial charge is 0.0715 e. The summed E-state index contributed by atoms with van der Waals surface area (Å²) in [6, 6.07) is 11.0. The fourth-order valence-electron chi connectivity index (χ4n) is 1.93. The Morgan fingerprint density at radius 3 is 2.41 bits per heavy atom. The van der Waals surface area contributed by atoms with Crippen molar-refractivity contribution in [3.63, 3.8) is 0 Å². The highest BCUT2D eigenvalue weighted by Gasteiger charge is 2.03. The minimum absolute atomic E-state index is 0.227. The van der Waals surface area contributed by atoms with Crippen LogP contribution in [0, 0.1) is 13.8 Å². The molecule has 3 nitrogen and oxygen atoms in total. The minimum atomic E-state index is -1.13. The number of aromatic nitrogens is 1. The van der Waals surface area contributed by atoms with Gasteiger partial charge >= 0.3 is 0 Å². The molecule has 0 N–H and O–H groups in total. The molecule has 0 aliphatic rings. The van der Waals surface area contributed by atoms with Crippen molar-refractivity contribution < 1.29 is 9.90 Å². The molecule has 0 saturated carbocycles. The van der Waals surface area contributed by atoms with Crippen molar-refractivity contribution in [1.82, 2.24) is 4.57 Å². The summed E-state index contributed by atoms with van der Waals surface area (Å²) in [5, 5.41) is 10.8. The number of nitrogens with zero attached hydrogens (tertiary/aromatic N) is 1. The number of benzene rings is 1. The van der Waals surface area contributed by atoms with Gasteiger partial charge in [0.1, 0.15) is 0 Å². The Hall–Kier alpha value is -2.03. The molecular formula is C14H14NO2-. The molecule has 0 atom stereocenters. The summed E-state index contributed by atoms with van der Waals surface area (Å²) in [6.45, 7) is 4.76. The second-order valence-electron chi connectivity index (χ2n) is 4.19. The Morgan fingerprint density at radius 2 is 1.82 bits per heavy atom. The molecule has 0 aliphatic heterocycles. The topological polar surface area (TPSA) is 45.1 Å². The lowest BCUT2D eigenvalue weighted by Crippen LogP contribution is -2.22. The Morgan fingerprint density at radius 1 is 1.18 bits per heavy atom. The average molecular weight is 228 g/mol. The fourth-order valence-corrected chi connectivity index (χ4v) is 1.93. The van der Waals surface area contributed by atoms with Gasteiger partial charge in [0.2, 0.25) is 0 Å². The van der Waals surface area contributed by atoms with Crippen molar-refractivity contribution in [3.05, 3.63) is 58.9 Å². The number of carbonyl (C=O) groups is 1. The quantitative estimate of drug-likeness (QED) is 0.799. The maximum Gasteiger partial charge on any atom is 0.0715 e. The van der Waals surface area contributed by atoms with Crippen molar-refractivity contribution in [2.45, 2.75) is 20.4 Å². The maximum atomic E-state index is 10.8. The lowest BCUT2D eigenvalue weighted by molar-refractivity contribution is -0.255. The van der Waals surface area contributed by atoms with Crippen LogP contribution in [-0.4, -0.2) is 10.5 Å². The molecule has 1 aromatic heterocycles. The maximum absolute atomic E-state index is 10.8. The number of rotatable bonds is 3. The SMILES string of the molecule is Cc1ccc(C)n1Cc1cccc(C(=O)[O-])c1. The van der Waals surface area contributed by atoms with Gasteiger partial charge in [-0.2, -0.15) is 0 Å². The number of aryl methyl sites for hydroxylation is 2. The van der Waals surface area contributed by atoms with Crippen LogP contribution in [-0.2, 0) is 6.54 Å². The third-order valence-electron chi connectivity index (χ3n) is 2.92. The molecule has 0 radical (unpaired) electrons. The highest BCUT2D eigenvalue weighted by atomic mass is 16.4. The molecule has 3 heteroatoms. The molecule has 0 bridgehead atoms. The molecule has 0 spiro atoms. The lowest BCUT2D eigenvalue weighted by atomic mass is 10.1. The zero-order valence-electron chi connectivity index (χ0n) is 9.93. The predicted octanol–water partition coefficient (Wildman–Crippen LogP) is 1.52. The molecule has 1 heterocycles. The zero-order chi connectivity index (χ0) is 12.4. The third-order valence-corrected chi connectivity index (χ3v) is 2.92. The molecule has 0 amide bonds. The van der Waals surface area contributed by atoms with Crippen LogP contribution in [0.5, 0.6) is 0 Å². The van der Waals surface area contributed by atoms with Crippen LogP contribution in [0.3, 0.4) is 0 Å². The summed E-state index contributed by atoms with van der Waals surface area (Å²) < 4.78 is 2.15. The van der Waals surface area contributed by atoms with E-state index in [1.165, 1.54) is 11.4 Å². The Bertz CT molecular complexity index is 536. The van der Waals surface area contributed by atoms with Crippen LogP contribution in [0.2, 0.25) is 0 Å². The molecule has 0 fully saturated rings. The van der Waals surface area contributed by atoms with Crippen LogP contribution >= 0.6 is 0 Å². The summed E-state index contributed by atoms with van der Waals surface area (Å²) in [4.78, 5) is 10.8. The first-order valence-electron chi connectivity index (χ1n) is 5.51. The summed E-state index contributed by atoms with van der Waals surface area (Å²) in [5.41, 5.74) is 3.53. The Kier molecular flexibility index (Phi) is 3.00. The summed E-state index contributed by atoms with van der Waals surface area (Å²) in [5.74, 6) is -1.13. The van der Waals surface area contributed by atoms with Gasteiger partial charge in [-0.25, -0.2) is 0 Å². The van der Waals surface area contributed by atoms with E-state index < -0.39 is 5.97 Å². The van der Waals surface area contributed by atoms with E-state index in [0.717, 1.165) is 5.56 Å². The van der Waals surface area contributed by atoms with Crippen LogP contribution in [0.4, 0.5) is 0 Å². The van der Waals surface area contributed by atoms with Gasteiger partial charge in [0, 0.05) is 17.9 Å². The number of aromatic carboxylic acids is 1. The van der Waals surface area contributed by atoms with Crippen LogP contribution in [0.1, 0.15) is 27.3 Å². The molecule has 0 saturated heterocycles. The van der Waals surface area contributed by atoms with Gasteiger partial charge in [0.05, 0.1) is 5.97 Å². The molecular weight excluding hydrogens is 214 g/mol. The zero-order valence-corrected chi connectivity index (χ0v) is 9.93. The van der Waals surface area contributed by atoms with Gasteiger partial charge in [0.15, 0.2) is 0 Å². The molecule has 0 unspecified atom stereocenters. The van der Waals surface area contributed by atoms with E-state index in [0.29, 0.717) is 6.54 Å². The summed E-state index contributed by atoms with van der Waals surface area (Å²) in [7, 11) is 0. The number of carboxylic acids is 1. The van der Waals surface area contributed by atoms with Crippen molar-refractivity contribution in [2.24, 2.45) is 0 Å². The van der Waals surface area contributed by atoms with Crippen molar-refractivity contribution in [1.29, 1.82) is 0 Å². The predicted molar refractivity (Wildman–Crippen MR) is 63.8 cm³/mol. The van der Waals surface area contributed by atoms with Gasteiger partial charge in [-0.15, -0.1) is 0 Å². The van der Waals surface area contributed by atoms with E-state index in [2.05, 4.69) is 16.7 Å². The molecule has 17 heavy (non-hydrogen) atoms. The molecule has 2 aromatic rings. The number of carbonyl (C=O) groups excluding carboxylic acids is 1. The Balaban J connectivity index is 2.30. The number of carboxylic acid groups (broad SMARTS) is 1. The summed E-state index contributed by atoms with van der Waals surface area (Å²) >= 11 is 0. The van der Waals surface area contributed by atoms with E-state index in [1.807, 2.05) is 19.9 Å². The largest absolute Gasteiger partial charge is 0.545 e. The fraction of sp³-hybridized carbons (Fsp3) is 0.214. The second kappa shape index (κ2) is 4.45. The normalized spacial score (nSPS) is 10.5. The first kappa shape index (κ1) is 11.5. The molecule has 0 aliphatic carbocycles. The van der Waals surface area contributed by atoms with Crippen molar-refractivity contribution >= 4 is 5.97 Å². The van der Waals surface area contributed by atoms with E-state index in [-0.39, 0.29) is 5.56 Å². The highest BCUT2D eigenvalue weighted by molar-refractivity contribution is 5.85. The molecule has 2 rings (SSSR count). The second-order valence-corrected chi connectivity index (χ2v) is 4.19. The van der Waals surface area contributed by atoms with Gasteiger partial charge in [-0.05, 0) is 43.2 Å². The minimum Gasteiger partial charge on any atom is -0.545 e. The molecule has 88 valence electrons. The van der Waals surface area contributed by atoms with Crippen molar-refractivity contribution in [2.75, 3.05) is 0 Å². The van der Waals surface area contributed by atoms with Crippen LogP contribution < -0.4 is 5.11 Å². The standard InChI is InChI=1S/C14H15NO2/c1-10-6-7-11(2)15(10)9-12-4-3-5-13(8-12)14(16)17/h3-8H,9H2,1-2H3,(H,16,17)/p-1. The van der Waals surface area contributed by atoms with Gasteiger partial charge in [-0.1, -0.05) is 18.2 Å². The van der Waals surface area contributed by atoms with Gasteiger partial charge in [0.25, 0.3) is 0 Å². The first-order chi connectivity index (χ1) is 8.08. The van der Waals surface area contributed by atoms with E-state index in [4.69, 9.17) is 0 Å². The van der Waals surface area contributed by atoms with Crippen LogP contribution in [0.25, 0.3) is 0 Å². The number of hydrogen-bond acceptors (Lipinski definition) is 2. The van der Waals surface area contributed by atoms with E-state index >= 15 is 0 Å². The third kappa shape index (κ3) is 2.38. The Labute approximate surface area is 100 Å². The first-order valence-corrected chi connectivity index (χ1v) is 5.51.